The zero-order valence-corrected chi connectivity index (χ0v) is 13.2. The van der Waals surface area contributed by atoms with Gasteiger partial charge in [0, 0.05) is 16.2 Å². The van der Waals surface area contributed by atoms with Gasteiger partial charge in [-0.3, -0.25) is 19.3 Å². The molecule has 0 saturated heterocycles. The topological polar surface area (TPSA) is 74.7 Å². The Morgan fingerprint density at radius 1 is 1.04 bits per heavy atom. The molecule has 0 unspecified atom stereocenters. The van der Waals surface area contributed by atoms with Crippen LogP contribution < -0.4 is 0 Å². The summed E-state index contributed by atoms with van der Waals surface area (Å²) in [6.07, 6.45) is 1.61. The molecule has 24 heavy (non-hydrogen) atoms. The highest BCUT2D eigenvalue weighted by atomic mass is 35.5. The summed E-state index contributed by atoms with van der Waals surface area (Å²) >= 11 is 5.96. The molecule has 120 valence electrons. The second kappa shape index (κ2) is 6.29. The van der Waals surface area contributed by atoms with Gasteiger partial charge in [0.2, 0.25) is 0 Å². The number of imide groups is 1. The molecule has 0 atom stereocenters. The zero-order chi connectivity index (χ0) is 17.3. The second-order valence-corrected chi connectivity index (χ2v) is 5.69. The second-order valence-electron chi connectivity index (χ2n) is 5.25. The number of nitrogens with zero attached hydrogens (tertiary/aromatic N) is 1. The number of amides is 2. The van der Waals surface area contributed by atoms with E-state index in [9.17, 15) is 14.4 Å². The van der Waals surface area contributed by atoms with E-state index in [1.165, 1.54) is 0 Å². The van der Waals surface area contributed by atoms with Crippen molar-refractivity contribution >= 4 is 41.0 Å². The van der Waals surface area contributed by atoms with Crippen molar-refractivity contribution in [2.24, 2.45) is 0 Å². The van der Waals surface area contributed by atoms with E-state index < -0.39 is 24.3 Å². The smallest absolute Gasteiger partial charge is 0.323 e. The first-order valence-electron chi connectivity index (χ1n) is 7.12. The van der Waals surface area contributed by atoms with Gasteiger partial charge in [0.25, 0.3) is 11.8 Å². The minimum Gasteiger partial charge on any atom is -0.480 e. The summed E-state index contributed by atoms with van der Waals surface area (Å²) in [7, 11) is 0. The van der Waals surface area contributed by atoms with E-state index in [1.54, 1.807) is 54.6 Å². The van der Waals surface area contributed by atoms with E-state index >= 15 is 0 Å². The Morgan fingerprint density at radius 3 is 2.42 bits per heavy atom. The highest BCUT2D eigenvalue weighted by molar-refractivity contribution is 6.34. The lowest BCUT2D eigenvalue weighted by molar-refractivity contribution is -0.141. The van der Waals surface area contributed by atoms with Gasteiger partial charge in [-0.25, -0.2) is 0 Å². The molecule has 2 aromatic rings. The monoisotopic (exact) mass is 341 g/mol. The molecule has 0 radical (unpaired) electrons. The Bertz CT molecular complexity index is 888. The predicted molar refractivity (Wildman–Crippen MR) is 89.4 cm³/mol. The molecule has 6 heteroatoms. The predicted octanol–water partition coefficient (Wildman–Crippen LogP) is 2.95. The maximum Gasteiger partial charge on any atom is 0.323 e. The molecule has 0 aromatic heterocycles. The maximum absolute atomic E-state index is 12.7. The Kier molecular flexibility index (Phi) is 4.18. The van der Waals surface area contributed by atoms with Crippen molar-refractivity contribution < 1.29 is 19.5 Å². The summed E-state index contributed by atoms with van der Waals surface area (Å²) < 4.78 is 0. The summed E-state index contributed by atoms with van der Waals surface area (Å²) in [4.78, 5) is 36.8. The number of aliphatic carboxylic acids is 1. The SMILES string of the molecule is O=C(O)CN1C(=O)/C(=C\c2cccc(Cl)c2)c2ccccc2C1=O. The van der Waals surface area contributed by atoms with E-state index in [4.69, 9.17) is 16.7 Å². The van der Waals surface area contributed by atoms with Crippen LogP contribution in [0.2, 0.25) is 5.02 Å². The molecular formula is C18H12ClNO4. The summed E-state index contributed by atoms with van der Waals surface area (Å²) in [5, 5.41) is 9.49. The fourth-order valence-electron chi connectivity index (χ4n) is 2.58. The van der Waals surface area contributed by atoms with E-state index in [1.807, 2.05) is 0 Å². The van der Waals surface area contributed by atoms with Gasteiger partial charge in [0.1, 0.15) is 6.54 Å². The highest BCUT2D eigenvalue weighted by Crippen LogP contribution is 2.30. The molecule has 0 aliphatic carbocycles. The summed E-state index contributed by atoms with van der Waals surface area (Å²) in [5.74, 6) is -2.50. The number of halogens is 1. The van der Waals surface area contributed by atoms with E-state index in [2.05, 4.69) is 0 Å². The number of hydrogen-bond donors (Lipinski definition) is 1. The van der Waals surface area contributed by atoms with Crippen molar-refractivity contribution in [1.82, 2.24) is 4.90 Å². The van der Waals surface area contributed by atoms with Gasteiger partial charge in [-0.05, 0) is 35.4 Å². The van der Waals surface area contributed by atoms with Gasteiger partial charge < -0.3 is 5.11 Å². The van der Waals surface area contributed by atoms with Gasteiger partial charge >= 0.3 is 5.97 Å². The van der Waals surface area contributed by atoms with Crippen LogP contribution in [0.5, 0.6) is 0 Å². The van der Waals surface area contributed by atoms with Crippen LogP contribution in [0.4, 0.5) is 0 Å². The zero-order valence-electron chi connectivity index (χ0n) is 12.4. The van der Waals surface area contributed by atoms with Crippen LogP contribution in [0.3, 0.4) is 0 Å². The number of carboxylic acid groups (broad SMARTS) is 1. The van der Waals surface area contributed by atoms with Crippen molar-refractivity contribution in [2.45, 2.75) is 0 Å². The Morgan fingerprint density at radius 2 is 1.75 bits per heavy atom. The van der Waals surface area contributed by atoms with Crippen LogP contribution in [-0.4, -0.2) is 34.3 Å². The largest absolute Gasteiger partial charge is 0.480 e. The molecule has 5 nitrogen and oxygen atoms in total. The van der Waals surface area contributed by atoms with Crippen molar-refractivity contribution in [3.05, 3.63) is 70.2 Å². The van der Waals surface area contributed by atoms with Gasteiger partial charge in [-0.1, -0.05) is 41.9 Å². The van der Waals surface area contributed by atoms with Crippen LogP contribution in [0.25, 0.3) is 11.6 Å². The van der Waals surface area contributed by atoms with Gasteiger partial charge in [0.15, 0.2) is 0 Å². The minimum atomic E-state index is -1.25. The van der Waals surface area contributed by atoms with E-state index in [-0.39, 0.29) is 5.57 Å². The summed E-state index contributed by atoms with van der Waals surface area (Å²) in [6, 6.07) is 13.5. The third-order valence-electron chi connectivity index (χ3n) is 3.62. The summed E-state index contributed by atoms with van der Waals surface area (Å²) in [5.41, 5.74) is 1.72. The molecule has 1 heterocycles. The van der Waals surface area contributed by atoms with Crippen LogP contribution in [0, 0.1) is 0 Å². The first-order chi connectivity index (χ1) is 11.5. The number of carboxylic acids is 1. The van der Waals surface area contributed by atoms with Crippen molar-refractivity contribution in [3.8, 4) is 0 Å². The molecule has 0 fully saturated rings. The van der Waals surface area contributed by atoms with Crippen molar-refractivity contribution in [2.75, 3.05) is 6.54 Å². The molecule has 2 amide bonds. The number of fused-ring (bicyclic) bond motifs is 1. The Balaban J connectivity index is 2.16. The molecule has 0 spiro atoms. The lowest BCUT2D eigenvalue weighted by Crippen LogP contribution is -2.44. The van der Waals surface area contributed by atoms with E-state index in [0.29, 0.717) is 21.7 Å². The van der Waals surface area contributed by atoms with Crippen LogP contribution in [0.15, 0.2) is 48.5 Å². The number of hydrogen-bond acceptors (Lipinski definition) is 3. The van der Waals surface area contributed by atoms with E-state index in [0.717, 1.165) is 4.90 Å². The molecule has 0 bridgehead atoms. The van der Waals surface area contributed by atoms with Crippen LogP contribution in [0.1, 0.15) is 21.5 Å². The first kappa shape index (κ1) is 16.0. The van der Waals surface area contributed by atoms with Crippen LogP contribution >= 0.6 is 11.6 Å². The molecule has 0 saturated carbocycles. The molecule has 2 aromatic carbocycles. The fourth-order valence-corrected chi connectivity index (χ4v) is 2.78. The average Bonchev–Trinajstić information content (AvgIpc) is 2.55. The Labute approximate surface area is 142 Å². The number of benzene rings is 2. The van der Waals surface area contributed by atoms with Gasteiger partial charge in [-0.2, -0.15) is 0 Å². The van der Waals surface area contributed by atoms with Gasteiger partial charge in [-0.15, -0.1) is 0 Å². The minimum absolute atomic E-state index is 0.258. The Hall–Kier alpha value is -2.92. The number of carbonyl (C=O) groups excluding carboxylic acids is 2. The van der Waals surface area contributed by atoms with Crippen LogP contribution in [-0.2, 0) is 9.59 Å². The standard InChI is InChI=1S/C18H12ClNO4/c19-12-5-3-4-11(8-12)9-15-13-6-1-2-7-14(13)17(23)20(18(15)24)10-16(21)22/h1-9H,10H2,(H,21,22)/b15-9-. The fraction of sp³-hybridized carbons (Fsp3) is 0.0556. The molecular weight excluding hydrogens is 330 g/mol. The third-order valence-corrected chi connectivity index (χ3v) is 3.86. The average molecular weight is 342 g/mol. The number of rotatable bonds is 3. The lowest BCUT2D eigenvalue weighted by atomic mass is 9.92. The molecule has 3 rings (SSSR count). The number of carbonyl (C=O) groups is 3. The summed E-state index contributed by atoms with van der Waals surface area (Å²) in [6.45, 7) is -0.682. The van der Waals surface area contributed by atoms with Crippen molar-refractivity contribution in [3.63, 3.8) is 0 Å². The maximum atomic E-state index is 12.7. The normalized spacial score (nSPS) is 15.5. The highest BCUT2D eigenvalue weighted by Gasteiger charge is 2.35. The molecule has 1 aliphatic rings. The third kappa shape index (κ3) is 2.94. The lowest BCUT2D eigenvalue weighted by Gasteiger charge is -2.27. The first-order valence-corrected chi connectivity index (χ1v) is 7.50. The van der Waals surface area contributed by atoms with Crippen molar-refractivity contribution in [1.29, 1.82) is 0 Å². The van der Waals surface area contributed by atoms with Gasteiger partial charge in [0.05, 0.1) is 0 Å². The molecule has 1 N–H and O–H groups in total. The molecule has 1 aliphatic heterocycles. The quantitative estimate of drug-likeness (QED) is 0.688.